The van der Waals surface area contributed by atoms with Crippen LogP contribution in [-0.2, 0) is 6.54 Å². The number of anilines is 1. The predicted octanol–water partition coefficient (Wildman–Crippen LogP) is 3.63. The number of carbonyl (C=O) groups is 1. The first kappa shape index (κ1) is 15.0. The van der Waals surface area contributed by atoms with Crippen LogP contribution in [-0.4, -0.2) is 10.5 Å². The number of hydrogen-bond acceptors (Lipinski definition) is 3. The highest BCUT2D eigenvalue weighted by molar-refractivity contribution is 7.18. The van der Waals surface area contributed by atoms with E-state index in [4.69, 9.17) is 23.2 Å². The van der Waals surface area contributed by atoms with Gasteiger partial charge in [0.1, 0.15) is 4.34 Å². The summed E-state index contributed by atoms with van der Waals surface area (Å²) in [5.74, 6) is -1.33. The molecule has 8 heteroatoms. The zero-order valence-corrected chi connectivity index (χ0v) is 12.6. The number of aryl methyl sites for hydroxylation is 1. The van der Waals surface area contributed by atoms with Crippen LogP contribution in [0.25, 0.3) is 0 Å². The van der Waals surface area contributed by atoms with Crippen LogP contribution in [0.15, 0.2) is 23.1 Å². The summed E-state index contributed by atoms with van der Waals surface area (Å²) in [6.45, 7) is 2.11. The van der Waals surface area contributed by atoms with Crippen molar-refractivity contribution in [2.45, 2.75) is 13.5 Å². The number of pyridine rings is 1. The molecule has 0 saturated carbocycles. The van der Waals surface area contributed by atoms with Crippen molar-refractivity contribution >= 4 is 46.1 Å². The van der Waals surface area contributed by atoms with Gasteiger partial charge in [-0.25, -0.2) is 4.39 Å². The molecule has 0 aliphatic heterocycles. The van der Waals surface area contributed by atoms with E-state index in [1.807, 2.05) is 0 Å². The fraction of sp³-hybridized carbons (Fsp3) is 0.167. The molecule has 4 nitrogen and oxygen atoms in total. The molecule has 20 heavy (non-hydrogen) atoms. The SMILES string of the molecule is CCn1cc(NC(=O)c2cc(Cl)c(Cl)s2)c(F)cc1=O. The van der Waals surface area contributed by atoms with Crippen molar-refractivity contribution in [2.75, 3.05) is 5.32 Å². The molecule has 1 N–H and O–H groups in total. The third kappa shape index (κ3) is 3.03. The summed E-state index contributed by atoms with van der Waals surface area (Å²) >= 11 is 12.5. The molecule has 0 atom stereocenters. The van der Waals surface area contributed by atoms with Crippen molar-refractivity contribution in [3.8, 4) is 0 Å². The minimum atomic E-state index is -0.790. The summed E-state index contributed by atoms with van der Waals surface area (Å²) in [7, 11) is 0. The number of hydrogen-bond donors (Lipinski definition) is 1. The molecule has 1 amide bonds. The molecule has 2 rings (SSSR count). The molecule has 0 aliphatic carbocycles. The Kier molecular flexibility index (Phi) is 4.47. The maximum Gasteiger partial charge on any atom is 0.265 e. The van der Waals surface area contributed by atoms with E-state index in [0.29, 0.717) is 6.54 Å². The van der Waals surface area contributed by atoms with Gasteiger partial charge in [0.25, 0.3) is 11.5 Å². The van der Waals surface area contributed by atoms with Gasteiger partial charge in [-0.3, -0.25) is 9.59 Å². The molecule has 106 valence electrons. The zero-order valence-electron chi connectivity index (χ0n) is 10.2. The maximum atomic E-state index is 13.7. The Morgan fingerprint density at radius 2 is 2.15 bits per heavy atom. The summed E-state index contributed by atoms with van der Waals surface area (Å²) in [5, 5.41) is 2.65. The highest BCUT2D eigenvalue weighted by Crippen LogP contribution is 2.32. The topological polar surface area (TPSA) is 51.1 Å². The lowest BCUT2D eigenvalue weighted by atomic mass is 10.3. The fourth-order valence-corrected chi connectivity index (χ4v) is 2.80. The van der Waals surface area contributed by atoms with Crippen LogP contribution in [0, 0.1) is 5.82 Å². The van der Waals surface area contributed by atoms with Gasteiger partial charge in [-0.2, -0.15) is 0 Å². The molecule has 0 unspecified atom stereocenters. The van der Waals surface area contributed by atoms with E-state index in [-0.39, 0.29) is 19.9 Å². The quantitative estimate of drug-likeness (QED) is 0.931. The van der Waals surface area contributed by atoms with E-state index in [1.54, 1.807) is 6.92 Å². The van der Waals surface area contributed by atoms with E-state index in [0.717, 1.165) is 17.4 Å². The Hall–Kier alpha value is -1.37. The van der Waals surface area contributed by atoms with Crippen LogP contribution in [0.2, 0.25) is 9.36 Å². The number of carbonyl (C=O) groups excluding carboxylic acids is 1. The molecular weight excluding hydrogens is 326 g/mol. The average molecular weight is 335 g/mol. The van der Waals surface area contributed by atoms with Crippen LogP contribution >= 0.6 is 34.5 Å². The monoisotopic (exact) mass is 334 g/mol. The zero-order chi connectivity index (χ0) is 14.9. The van der Waals surface area contributed by atoms with E-state index in [2.05, 4.69) is 5.32 Å². The lowest BCUT2D eigenvalue weighted by molar-refractivity contribution is 0.103. The van der Waals surface area contributed by atoms with E-state index >= 15 is 0 Å². The summed E-state index contributed by atoms with van der Waals surface area (Å²) < 4.78 is 15.2. The van der Waals surface area contributed by atoms with Gasteiger partial charge in [-0.05, 0) is 13.0 Å². The molecule has 2 aromatic rings. The summed E-state index contributed by atoms with van der Waals surface area (Å²) in [5.41, 5.74) is -0.540. The van der Waals surface area contributed by atoms with Gasteiger partial charge < -0.3 is 9.88 Å². The van der Waals surface area contributed by atoms with Crippen molar-refractivity contribution in [2.24, 2.45) is 0 Å². The second-order valence-corrected chi connectivity index (χ2v) is 5.91. The number of nitrogens with zero attached hydrogens (tertiary/aromatic N) is 1. The number of nitrogens with one attached hydrogen (secondary N) is 1. The van der Waals surface area contributed by atoms with Crippen molar-refractivity contribution in [1.29, 1.82) is 0 Å². The van der Waals surface area contributed by atoms with E-state index < -0.39 is 17.3 Å². The number of aromatic nitrogens is 1. The van der Waals surface area contributed by atoms with Crippen molar-refractivity contribution in [1.82, 2.24) is 4.57 Å². The summed E-state index contributed by atoms with van der Waals surface area (Å²) in [6, 6.07) is 2.23. The van der Waals surface area contributed by atoms with Crippen LogP contribution in [0.1, 0.15) is 16.6 Å². The highest BCUT2D eigenvalue weighted by atomic mass is 35.5. The molecule has 0 spiro atoms. The number of halogens is 3. The van der Waals surface area contributed by atoms with Crippen LogP contribution in [0.5, 0.6) is 0 Å². The lowest BCUT2D eigenvalue weighted by Gasteiger charge is -2.08. The molecule has 0 radical (unpaired) electrons. The number of amides is 1. The van der Waals surface area contributed by atoms with Gasteiger partial charge in [-0.15, -0.1) is 11.3 Å². The lowest BCUT2D eigenvalue weighted by Crippen LogP contribution is -2.21. The Bertz CT molecular complexity index is 707. The van der Waals surface area contributed by atoms with Gasteiger partial charge in [-0.1, -0.05) is 23.2 Å². The molecule has 2 aromatic heterocycles. The third-order valence-electron chi connectivity index (χ3n) is 2.53. The molecule has 0 aliphatic rings. The van der Waals surface area contributed by atoms with Crippen molar-refractivity contribution < 1.29 is 9.18 Å². The first-order valence-electron chi connectivity index (χ1n) is 5.58. The van der Waals surface area contributed by atoms with Crippen LogP contribution in [0.4, 0.5) is 10.1 Å². The Morgan fingerprint density at radius 1 is 1.45 bits per heavy atom. The Balaban J connectivity index is 2.30. The van der Waals surface area contributed by atoms with Crippen LogP contribution in [0.3, 0.4) is 0 Å². The second kappa shape index (κ2) is 5.95. The van der Waals surface area contributed by atoms with Gasteiger partial charge in [0.2, 0.25) is 0 Å². The Labute approximate surface area is 127 Å². The normalized spacial score (nSPS) is 10.6. The van der Waals surface area contributed by atoms with Crippen LogP contribution < -0.4 is 10.9 Å². The summed E-state index contributed by atoms with van der Waals surface area (Å²) in [6.07, 6.45) is 1.26. The molecule has 2 heterocycles. The van der Waals surface area contributed by atoms with Gasteiger partial charge in [0.05, 0.1) is 15.6 Å². The highest BCUT2D eigenvalue weighted by Gasteiger charge is 2.15. The predicted molar refractivity (Wildman–Crippen MR) is 78.6 cm³/mol. The largest absolute Gasteiger partial charge is 0.318 e. The van der Waals surface area contributed by atoms with Gasteiger partial charge >= 0.3 is 0 Å². The van der Waals surface area contributed by atoms with Gasteiger partial charge in [0.15, 0.2) is 5.82 Å². The minimum absolute atomic E-state index is 0.0721. The van der Waals surface area contributed by atoms with Crippen molar-refractivity contribution in [3.05, 3.63) is 48.7 Å². The smallest absolute Gasteiger partial charge is 0.265 e. The second-order valence-electron chi connectivity index (χ2n) is 3.85. The standard InChI is InChI=1S/C12H9Cl2FN2O2S/c1-2-17-5-8(7(15)4-10(17)18)16-12(19)9-3-6(13)11(14)20-9/h3-5H,2H2,1H3,(H,16,19). The molecule has 0 saturated heterocycles. The molecular formula is C12H9Cl2FN2O2S. The van der Waals surface area contributed by atoms with E-state index in [1.165, 1.54) is 16.8 Å². The fourth-order valence-electron chi connectivity index (χ4n) is 1.53. The molecule has 0 fully saturated rings. The first-order chi connectivity index (χ1) is 9.42. The maximum absolute atomic E-state index is 13.7. The van der Waals surface area contributed by atoms with Gasteiger partial charge in [0, 0.05) is 18.8 Å². The third-order valence-corrected chi connectivity index (χ3v) is 4.40. The number of thiophene rings is 1. The first-order valence-corrected chi connectivity index (χ1v) is 7.15. The van der Waals surface area contributed by atoms with Crippen molar-refractivity contribution in [3.63, 3.8) is 0 Å². The molecule has 0 bridgehead atoms. The minimum Gasteiger partial charge on any atom is -0.318 e. The van der Waals surface area contributed by atoms with E-state index in [9.17, 15) is 14.0 Å². The Morgan fingerprint density at radius 3 is 2.70 bits per heavy atom. The molecule has 0 aromatic carbocycles. The summed E-state index contributed by atoms with van der Waals surface area (Å²) in [4.78, 5) is 23.6. The number of rotatable bonds is 3. The average Bonchev–Trinajstić information content (AvgIpc) is 2.73.